The largest absolute Gasteiger partial charge is 0.370 e. The van der Waals surface area contributed by atoms with Gasteiger partial charge in [-0.15, -0.1) is 0 Å². The molecule has 1 aromatic heterocycles. The Hall–Kier alpha value is -1.37. The second kappa shape index (κ2) is 7.06. The molecular weight excluding hydrogens is 288 g/mol. The van der Waals surface area contributed by atoms with Crippen LogP contribution in [0.3, 0.4) is 0 Å². The molecule has 1 aliphatic heterocycles. The van der Waals surface area contributed by atoms with Gasteiger partial charge < -0.3 is 10.6 Å². The number of hydrogen-bond acceptors (Lipinski definition) is 6. The lowest BCUT2D eigenvalue weighted by Gasteiger charge is -2.17. The molecule has 0 aliphatic carbocycles. The topological polar surface area (TPSA) is 84.0 Å². The normalized spacial score (nSPS) is 20.4. The van der Waals surface area contributed by atoms with Crippen molar-refractivity contribution in [3.8, 4) is 0 Å². The van der Waals surface area contributed by atoms with Crippen LogP contribution in [0.15, 0.2) is 6.33 Å². The van der Waals surface area contributed by atoms with E-state index >= 15 is 0 Å². The minimum absolute atomic E-state index is 0.0421. The molecule has 118 valence electrons. The maximum Gasteiger partial charge on any atom is 0.152 e. The molecule has 0 aromatic carbocycles. The van der Waals surface area contributed by atoms with Gasteiger partial charge in [-0.1, -0.05) is 20.3 Å². The highest BCUT2D eigenvalue weighted by molar-refractivity contribution is 7.91. The first-order chi connectivity index (χ1) is 10.1. The predicted octanol–water partition coefficient (Wildman–Crippen LogP) is 1.85. The van der Waals surface area contributed by atoms with Crippen LogP contribution in [0.1, 0.15) is 38.7 Å². The van der Waals surface area contributed by atoms with E-state index in [1.54, 1.807) is 0 Å². The Morgan fingerprint density at radius 3 is 2.62 bits per heavy atom. The molecule has 1 aliphatic rings. The van der Waals surface area contributed by atoms with Gasteiger partial charge in [0.1, 0.15) is 18.0 Å². The molecular formula is C14H24N4O2S. The quantitative estimate of drug-likeness (QED) is 0.799. The number of nitrogens with one attached hydrogen (secondary N) is 2. The number of aromatic nitrogens is 2. The Labute approximate surface area is 126 Å². The smallest absolute Gasteiger partial charge is 0.152 e. The third kappa shape index (κ3) is 4.30. The Bertz CT molecular complexity index is 574. The van der Waals surface area contributed by atoms with Gasteiger partial charge >= 0.3 is 0 Å². The molecule has 21 heavy (non-hydrogen) atoms. The van der Waals surface area contributed by atoms with Gasteiger partial charge in [0.05, 0.1) is 11.5 Å². The van der Waals surface area contributed by atoms with E-state index in [0.717, 1.165) is 43.0 Å². The molecule has 0 saturated carbocycles. The third-order valence-electron chi connectivity index (χ3n) is 3.56. The van der Waals surface area contributed by atoms with Gasteiger partial charge in [0, 0.05) is 18.2 Å². The van der Waals surface area contributed by atoms with E-state index in [1.807, 2.05) is 0 Å². The van der Waals surface area contributed by atoms with Crippen molar-refractivity contribution >= 4 is 21.5 Å². The highest BCUT2D eigenvalue weighted by Gasteiger charge is 2.28. The van der Waals surface area contributed by atoms with Gasteiger partial charge in [-0.05, 0) is 19.3 Å². The minimum atomic E-state index is -2.89. The van der Waals surface area contributed by atoms with E-state index in [9.17, 15) is 8.42 Å². The fourth-order valence-electron chi connectivity index (χ4n) is 2.52. The zero-order chi connectivity index (χ0) is 15.3. The van der Waals surface area contributed by atoms with Crippen molar-refractivity contribution in [2.24, 2.45) is 0 Å². The van der Waals surface area contributed by atoms with Gasteiger partial charge in [-0.3, -0.25) is 0 Å². The fraction of sp³-hybridized carbons (Fsp3) is 0.714. The van der Waals surface area contributed by atoms with Crippen molar-refractivity contribution < 1.29 is 8.42 Å². The highest BCUT2D eigenvalue weighted by Crippen LogP contribution is 2.24. The summed E-state index contributed by atoms with van der Waals surface area (Å²) in [7, 11) is -2.89. The summed E-state index contributed by atoms with van der Waals surface area (Å²) in [6.07, 6.45) is 5.07. The molecule has 1 aromatic rings. The summed E-state index contributed by atoms with van der Waals surface area (Å²) in [5, 5.41) is 6.62. The van der Waals surface area contributed by atoms with Gasteiger partial charge in [-0.2, -0.15) is 0 Å². The molecule has 7 heteroatoms. The van der Waals surface area contributed by atoms with Crippen LogP contribution in [0.25, 0.3) is 0 Å². The summed E-state index contributed by atoms with van der Waals surface area (Å²) in [5.41, 5.74) is 1.05. The first-order valence-electron chi connectivity index (χ1n) is 7.60. The van der Waals surface area contributed by atoms with Crippen LogP contribution in [-0.2, 0) is 16.3 Å². The van der Waals surface area contributed by atoms with Crippen LogP contribution in [0.2, 0.25) is 0 Å². The predicted molar refractivity (Wildman–Crippen MR) is 85.5 cm³/mol. The molecule has 1 fully saturated rings. The average molecular weight is 312 g/mol. The summed E-state index contributed by atoms with van der Waals surface area (Å²) in [6, 6.07) is -0.0421. The second-order valence-corrected chi connectivity index (χ2v) is 7.70. The minimum Gasteiger partial charge on any atom is -0.370 e. The highest BCUT2D eigenvalue weighted by atomic mass is 32.2. The molecule has 0 amide bonds. The van der Waals surface area contributed by atoms with Crippen LogP contribution in [0, 0.1) is 0 Å². The van der Waals surface area contributed by atoms with Crippen molar-refractivity contribution in [3.63, 3.8) is 0 Å². The molecule has 1 atom stereocenters. The monoisotopic (exact) mass is 312 g/mol. The Morgan fingerprint density at radius 2 is 2.00 bits per heavy atom. The van der Waals surface area contributed by atoms with Crippen molar-refractivity contribution in [3.05, 3.63) is 11.9 Å². The number of nitrogens with zero attached hydrogens (tertiary/aromatic N) is 2. The van der Waals surface area contributed by atoms with E-state index in [4.69, 9.17) is 0 Å². The lowest BCUT2D eigenvalue weighted by atomic mass is 10.1. The number of anilines is 2. The molecule has 2 N–H and O–H groups in total. The molecule has 6 nitrogen and oxygen atoms in total. The zero-order valence-electron chi connectivity index (χ0n) is 12.7. The van der Waals surface area contributed by atoms with E-state index in [0.29, 0.717) is 6.42 Å². The first-order valence-corrected chi connectivity index (χ1v) is 9.42. The fourth-order valence-corrected chi connectivity index (χ4v) is 4.19. The van der Waals surface area contributed by atoms with Crippen LogP contribution in [0.4, 0.5) is 11.6 Å². The number of rotatable bonds is 7. The Morgan fingerprint density at radius 1 is 1.24 bits per heavy atom. The van der Waals surface area contributed by atoms with Crippen LogP contribution in [-0.4, -0.2) is 42.5 Å². The van der Waals surface area contributed by atoms with Crippen molar-refractivity contribution in [2.75, 3.05) is 28.7 Å². The number of hydrogen-bond donors (Lipinski definition) is 2. The van der Waals surface area contributed by atoms with Gasteiger partial charge in [0.25, 0.3) is 0 Å². The maximum absolute atomic E-state index is 11.6. The molecule has 0 radical (unpaired) electrons. The van der Waals surface area contributed by atoms with E-state index in [1.165, 1.54) is 6.33 Å². The summed E-state index contributed by atoms with van der Waals surface area (Å²) in [6.45, 7) is 5.08. The summed E-state index contributed by atoms with van der Waals surface area (Å²) in [4.78, 5) is 8.64. The molecule has 0 spiro atoms. The van der Waals surface area contributed by atoms with Gasteiger partial charge in [0.15, 0.2) is 9.84 Å². The van der Waals surface area contributed by atoms with Crippen molar-refractivity contribution in [2.45, 2.75) is 45.6 Å². The van der Waals surface area contributed by atoms with Crippen LogP contribution >= 0.6 is 0 Å². The molecule has 2 heterocycles. The SMILES string of the molecule is CCCNc1ncnc(NC2CCS(=O)(=O)C2)c1CCC. The van der Waals surface area contributed by atoms with Gasteiger partial charge in [-0.25, -0.2) is 18.4 Å². The lowest BCUT2D eigenvalue weighted by Crippen LogP contribution is -2.23. The average Bonchev–Trinajstić information content (AvgIpc) is 2.78. The van der Waals surface area contributed by atoms with E-state index in [2.05, 4.69) is 34.4 Å². The third-order valence-corrected chi connectivity index (χ3v) is 5.33. The lowest BCUT2D eigenvalue weighted by molar-refractivity contribution is 0.602. The molecule has 0 bridgehead atoms. The standard InChI is InChI=1S/C14H24N4O2S/c1-3-5-12-13(15-7-4-2)16-10-17-14(12)18-11-6-8-21(19,20)9-11/h10-11H,3-9H2,1-2H3,(H2,15,16,17,18). The summed E-state index contributed by atoms with van der Waals surface area (Å²) < 4.78 is 23.1. The molecule has 1 saturated heterocycles. The Balaban J connectivity index is 2.17. The Kier molecular flexibility index (Phi) is 5.39. The maximum atomic E-state index is 11.6. The van der Waals surface area contributed by atoms with Crippen LogP contribution < -0.4 is 10.6 Å². The molecule has 2 rings (SSSR count). The first kappa shape index (κ1) is 16.0. The summed E-state index contributed by atoms with van der Waals surface area (Å²) >= 11 is 0. The summed E-state index contributed by atoms with van der Waals surface area (Å²) in [5.74, 6) is 2.09. The number of sulfone groups is 1. The van der Waals surface area contributed by atoms with Crippen molar-refractivity contribution in [1.29, 1.82) is 0 Å². The van der Waals surface area contributed by atoms with Crippen molar-refractivity contribution in [1.82, 2.24) is 9.97 Å². The zero-order valence-corrected chi connectivity index (χ0v) is 13.5. The molecule has 1 unspecified atom stereocenters. The van der Waals surface area contributed by atoms with E-state index < -0.39 is 9.84 Å². The van der Waals surface area contributed by atoms with Gasteiger partial charge in [0.2, 0.25) is 0 Å². The van der Waals surface area contributed by atoms with E-state index in [-0.39, 0.29) is 17.5 Å². The second-order valence-electron chi connectivity index (χ2n) is 5.47. The van der Waals surface area contributed by atoms with Crippen LogP contribution in [0.5, 0.6) is 0 Å².